The van der Waals surface area contributed by atoms with Crippen LogP contribution in [0, 0.1) is 0 Å². The Balaban J connectivity index is 1.77. The quantitative estimate of drug-likeness (QED) is 0.621. The summed E-state index contributed by atoms with van der Waals surface area (Å²) in [6.45, 7) is 0. The lowest BCUT2D eigenvalue weighted by Gasteiger charge is -2.28. The number of hydrogen-bond acceptors (Lipinski definition) is 6. The van der Waals surface area contributed by atoms with Crippen LogP contribution in [0.15, 0.2) is 42.7 Å². The molecule has 1 unspecified atom stereocenters. The molecule has 1 fully saturated rings. The highest BCUT2D eigenvalue weighted by Gasteiger charge is 2.46. The largest absolute Gasteiger partial charge is 0.295 e. The van der Waals surface area contributed by atoms with E-state index in [1.165, 1.54) is 17.2 Å². The van der Waals surface area contributed by atoms with Gasteiger partial charge < -0.3 is 0 Å². The summed E-state index contributed by atoms with van der Waals surface area (Å²) in [6.07, 6.45) is 3.62. The lowest BCUT2D eigenvalue weighted by atomic mass is 10.0. The Hall–Kier alpha value is -3.88. The maximum absolute atomic E-state index is 13.1. The molecular formula is C19H14N4O5. The zero-order valence-corrected chi connectivity index (χ0v) is 14.5. The molecule has 0 saturated carbocycles. The van der Waals surface area contributed by atoms with Gasteiger partial charge in [-0.15, -0.1) is 0 Å². The van der Waals surface area contributed by atoms with E-state index in [1.807, 2.05) is 0 Å². The van der Waals surface area contributed by atoms with Crippen molar-refractivity contribution in [1.29, 1.82) is 0 Å². The van der Waals surface area contributed by atoms with E-state index in [2.05, 4.69) is 10.3 Å². The molecule has 1 atom stereocenters. The summed E-state index contributed by atoms with van der Waals surface area (Å²) in [5, 5.41) is 2.15. The van der Waals surface area contributed by atoms with Gasteiger partial charge in [-0.05, 0) is 30.7 Å². The first kappa shape index (κ1) is 17.5. The number of nitrogens with one attached hydrogen (secondary N) is 1. The molecule has 1 aromatic heterocycles. The zero-order chi connectivity index (χ0) is 19.8. The fourth-order valence-electron chi connectivity index (χ4n) is 3.45. The van der Waals surface area contributed by atoms with Crippen molar-refractivity contribution in [1.82, 2.24) is 15.2 Å². The molecule has 3 heterocycles. The normalized spacial score (nSPS) is 18.7. The third-order valence-electron chi connectivity index (χ3n) is 4.74. The number of nitrogens with zero attached hydrogens (tertiary/aromatic N) is 3. The molecule has 140 valence electrons. The number of pyridine rings is 1. The van der Waals surface area contributed by atoms with Crippen LogP contribution in [0.4, 0.5) is 11.4 Å². The molecule has 9 heteroatoms. The molecule has 1 aromatic carbocycles. The number of piperidine rings is 1. The molecule has 1 saturated heterocycles. The van der Waals surface area contributed by atoms with Crippen LogP contribution in [0.1, 0.15) is 33.6 Å². The first-order valence-corrected chi connectivity index (χ1v) is 8.52. The number of fused-ring (bicyclic) bond motifs is 1. The van der Waals surface area contributed by atoms with Gasteiger partial charge >= 0.3 is 0 Å². The minimum absolute atomic E-state index is 0.0345. The summed E-state index contributed by atoms with van der Waals surface area (Å²) >= 11 is 0. The first-order chi connectivity index (χ1) is 13.5. The number of imide groups is 2. The number of aromatic nitrogens is 1. The third-order valence-corrected chi connectivity index (χ3v) is 4.74. The van der Waals surface area contributed by atoms with Crippen molar-refractivity contribution in [2.45, 2.75) is 18.9 Å². The Labute approximate surface area is 158 Å². The second-order valence-corrected chi connectivity index (χ2v) is 6.33. The van der Waals surface area contributed by atoms with E-state index in [0.717, 1.165) is 4.90 Å². The summed E-state index contributed by atoms with van der Waals surface area (Å²) < 4.78 is 0. The Morgan fingerprint density at radius 3 is 2.61 bits per heavy atom. The van der Waals surface area contributed by atoms with Crippen LogP contribution in [0.3, 0.4) is 0 Å². The topological polar surface area (TPSA) is 117 Å². The molecule has 1 N–H and O–H groups in total. The van der Waals surface area contributed by atoms with Crippen LogP contribution < -0.4 is 10.2 Å². The van der Waals surface area contributed by atoms with Gasteiger partial charge in [0, 0.05) is 12.6 Å². The molecular weight excluding hydrogens is 364 g/mol. The smallest absolute Gasteiger partial charge is 0.264 e. The van der Waals surface area contributed by atoms with E-state index in [9.17, 15) is 24.0 Å². The van der Waals surface area contributed by atoms with Gasteiger partial charge in [-0.25, -0.2) is 0 Å². The SMILES string of the molecule is O=CN(c1cccnc1)c1cccc2c1C(=O)N(C1CCC(=O)NC1=O)C2=O. The Bertz CT molecular complexity index is 1020. The summed E-state index contributed by atoms with van der Waals surface area (Å²) in [5.41, 5.74) is 0.773. The van der Waals surface area contributed by atoms with Crippen molar-refractivity contribution in [3.63, 3.8) is 0 Å². The lowest BCUT2D eigenvalue weighted by Crippen LogP contribution is -2.54. The summed E-state index contributed by atoms with van der Waals surface area (Å²) in [7, 11) is 0. The van der Waals surface area contributed by atoms with Crippen molar-refractivity contribution in [3.05, 3.63) is 53.9 Å². The molecule has 0 aliphatic carbocycles. The number of benzene rings is 1. The standard InChI is InChI=1S/C19H14N4O5/c24-10-22(11-3-2-8-20-9-11)13-5-1-4-12-16(13)19(28)23(18(12)27)14-6-7-15(25)21-17(14)26/h1-5,8-10,14H,6-7H2,(H,21,25,26). The van der Waals surface area contributed by atoms with Crippen LogP contribution in [0.25, 0.3) is 0 Å². The fraction of sp³-hybridized carbons (Fsp3) is 0.158. The van der Waals surface area contributed by atoms with Crippen molar-refractivity contribution in [2.24, 2.45) is 0 Å². The van der Waals surface area contributed by atoms with Crippen LogP contribution >= 0.6 is 0 Å². The van der Waals surface area contributed by atoms with E-state index < -0.39 is 29.7 Å². The van der Waals surface area contributed by atoms with Gasteiger partial charge in [-0.3, -0.25) is 44.1 Å². The Morgan fingerprint density at radius 2 is 1.93 bits per heavy atom. The highest BCUT2D eigenvalue weighted by Crippen LogP contribution is 2.36. The number of rotatable bonds is 4. The van der Waals surface area contributed by atoms with E-state index in [0.29, 0.717) is 12.1 Å². The predicted octanol–water partition coefficient (Wildman–Crippen LogP) is 0.777. The van der Waals surface area contributed by atoms with Crippen molar-refractivity contribution in [3.8, 4) is 0 Å². The number of anilines is 2. The molecule has 0 bridgehead atoms. The van der Waals surface area contributed by atoms with Gasteiger partial charge in [0.2, 0.25) is 18.2 Å². The predicted molar refractivity (Wildman–Crippen MR) is 95.6 cm³/mol. The van der Waals surface area contributed by atoms with Gasteiger partial charge in [0.1, 0.15) is 6.04 Å². The lowest BCUT2D eigenvalue weighted by molar-refractivity contribution is -0.136. The molecule has 2 aliphatic heterocycles. The molecule has 2 aliphatic rings. The maximum Gasteiger partial charge on any atom is 0.264 e. The average Bonchev–Trinajstić information content (AvgIpc) is 2.95. The second-order valence-electron chi connectivity index (χ2n) is 6.33. The zero-order valence-electron chi connectivity index (χ0n) is 14.5. The monoisotopic (exact) mass is 378 g/mol. The maximum atomic E-state index is 13.1. The van der Waals surface area contributed by atoms with Gasteiger partial charge in [-0.1, -0.05) is 6.07 Å². The first-order valence-electron chi connectivity index (χ1n) is 8.52. The number of carbonyl (C=O) groups excluding carboxylic acids is 5. The van der Waals surface area contributed by atoms with Crippen molar-refractivity contribution >= 4 is 41.4 Å². The number of amides is 5. The van der Waals surface area contributed by atoms with E-state index >= 15 is 0 Å². The van der Waals surface area contributed by atoms with Crippen molar-refractivity contribution < 1.29 is 24.0 Å². The summed E-state index contributed by atoms with van der Waals surface area (Å²) in [5.74, 6) is -2.44. The van der Waals surface area contributed by atoms with Gasteiger partial charge in [0.25, 0.3) is 11.8 Å². The molecule has 5 amide bonds. The minimum atomic E-state index is -1.07. The van der Waals surface area contributed by atoms with Crippen LogP contribution in [-0.2, 0) is 14.4 Å². The van der Waals surface area contributed by atoms with E-state index in [1.54, 1.807) is 30.5 Å². The van der Waals surface area contributed by atoms with Crippen LogP contribution in [-0.4, -0.2) is 46.0 Å². The molecule has 2 aromatic rings. The highest BCUT2D eigenvalue weighted by molar-refractivity contribution is 6.26. The Morgan fingerprint density at radius 1 is 1.11 bits per heavy atom. The molecule has 9 nitrogen and oxygen atoms in total. The summed E-state index contributed by atoms with van der Waals surface area (Å²) in [4.78, 5) is 67.3. The molecule has 0 spiro atoms. The third kappa shape index (κ3) is 2.64. The highest BCUT2D eigenvalue weighted by atomic mass is 16.2. The second kappa shape index (κ2) is 6.69. The molecule has 28 heavy (non-hydrogen) atoms. The van der Waals surface area contributed by atoms with Crippen molar-refractivity contribution in [2.75, 3.05) is 4.90 Å². The van der Waals surface area contributed by atoms with E-state index in [-0.39, 0.29) is 29.7 Å². The van der Waals surface area contributed by atoms with Crippen LogP contribution in [0.5, 0.6) is 0 Å². The fourth-order valence-corrected chi connectivity index (χ4v) is 3.45. The summed E-state index contributed by atoms with van der Waals surface area (Å²) in [6, 6.07) is 6.77. The van der Waals surface area contributed by atoms with Gasteiger partial charge in [-0.2, -0.15) is 0 Å². The van der Waals surface area contributed by atoms with E-state index in [4.69, 9.17) is 0 Å². The van der Waals surface area contributed by atoms with Gasteiger partial charge in [0.15, 0.2) is 0 Å². The Kier molecular flexibility index (Phi) is 4.19. The van der Waals surface area contributed by atoms with Gasteiger partial charge in [0.05, 0.1) is 28.7 Å². The molecule has 4 rings (SSSR count). The number of hydrogen-bond donors (Lipinski definition) is 1. The number of carbonyl (C=O) groups is 5. The van der Waals surface area contributed by atoms with Crippen LogP contribution in [0.2, 0.25) is 0 Å². The minimum Gasteiger partial charge on any atom is -0.295 e. The molecule has 0 radical (unpaired) electrons. The average molecular weight is 378 g/mol.